The Morgan fingerprint density at radius 3 is 2.76 bits per heavy atom. The van der Waals surface area contributed by atoms with Gasteiger partial charge in [0.15, 0.2) is 0 Å². The third-order valence-electron chi connectivity index (χ3n) is 3.99. The number of hydrogen-bond donors (Lipinski definition) is 2. The molecule has 6 heteroatoms. The van der Waals surface area contributed by atoms with Gasteiger partial charge in [0, 0.05) is 25.8 Å². The molecule has 21 heavy (non-hydrogen) atoms. The molecule has 5 nitrogen and oxygen atoms in total. The van der Waals surface area contributed by atoms with Crippen LogP contribution in [0.2, 0.25) is 0 Å². The van der Waals surface area contributed by atoms with Gasteiger partial charge < -0.3 is 20.5 Å². The van der Waals surface area contributed by atoms with E-state index in [1.807, 2.05) is 4.90 Å². The fourth-order valence-electron chi connectivity index (χ4n) is 2.56. The van der Waals surface area contributed by atoms with E-state index >= 15 is 0 Å². The number of carboxylic acids is 1. The fraction of sp³-hybridized carbons (Fsp3) is 0.533. The van der Waals surface area contributed by atoms with Crippen molar-refractivity contribution in [3.8, 4) is 0 Å². The molecule has 1 fully saturated rings. The standard InChI is InChI=1S/C15H21FN2O3/c1-9(10-3-4-10)18(5-6-21-2)14-8-12(16)11(15(19)20)7-13(14)17/h7-10H,3-6,17H2,1-2H3,(H,19,20). The van der Waals surface area contributed by atoms with Crippen molar-refractivity contribution in [2.24, 2.45) is 5.92 Å². The van der Waals surface area contributed by atoms with Gasteiger partial charge in [-0.25, -0.2) is 9.18 Å². The van der Waals surface area contributed by atoms with E-state index in [4.69, 9.17) is 15.6 Å². The van der Waals surface area contributed by atoms with E-state index in [0.717, 1.165) is 12.8 Å². The van der Waals surface area contributed by atoms with Crippen LogP contribution in [0, 0.1) is 11.7 Å². The quantitative estimate of drug-likeness (QED) is 0.755. The number of anilines is 2. The normalized spacial score (nSPS) is 15.8. The predicted molar refractivity (Wildman–Crippen MR) is 79.2 cm³/mol. The molecular formula is C15H21FN2O3. The minimum atomic E-state index is -1.32. The van der Waals surface area contributed by atoms with Crippen LogP contribution >= 0.6 is 0 Å². The first kappa shape index (κ1) is 15.6. The van der Waals surface area contributed by atoms with Crippen LogP contribution in [0.3, 0.4) is 0 Å². The van der Waals surface area contributed by atoms with E-state index in [1.165, 1.54) is 12.1 Å². The Morgan fingerprint density at radius 1 is 1.57 bits per heavy atom. The Balaban J connectivity index is 2.34. The number of nitrogens with zero attached hydrogens (tertiary/aromatic N) is 1. The molecule has 0 saturated heterocycles. The second-order valence-electron chi connectivity index (χ2n) is 5.46. The summed E-state index contributed by atoms with van der Waals surface area (Å²) < 4.78 is 19.1. The van der Waals surface area contributed by atoms with E-state index < -0.39 is 17.3 Å². The molecule has 0 aliphatic heterocycles. The Kier molecular flexibility index (Phi) is 4.67. The van der Waals surface area contributed by atoms with Crippen molar-refractivity contribution in [3.63, 3.8) is 0 Å². The first-order valence-electron chi connectivity index (χ1n) is 7.03. The van der Waals surface area contributed by atoms with Crippen LogP contribution < -0.4 is 10.6 Å². The Labute approximate surface area is 123 Å². The van der Waals surface area contributed by atoms with E-state index in [-0.39, 0.29) is 11.7 Å². The Bertz CT molecular complexity index is 532. The third-order valence-corrected chi connectivity index (χ3v) is 3.99. The van der Waals surface area contributed by atoms with Gasteiger partial charge in [0.05, 0.1) is 23.5 Å². The Hall–Kier alpha value is -1.82. The number of hydrogen-bond acceptors (Lipinski definition) is 4. The van der Waals surface area contributed by atoms with Crippen LogP contribution in [0.25, 0.3) is 0 Å². The third kappa shape index (κ3) is 3.44. The van der Waals surface area contributed by atoms with Crippen LogP contribution in [0.4, 0.5) is 15.8 Å². The van der Waals surface area contributed by atoms with Crippen LogP contribution in [-0.2, 0) is 4.74 Å². The molecule has 1 saturated carbocycles. The molecule has 0 heterocycles. The molecule has 1 aliphatic carbocycles. The number of benzene rings is 1. The highest BCUT2D eigenvalue weighted by Crippen LogP contribution is 2.38. The van der Waals surface area contributed by atoms with Crippen LogP contribution in [0.1, 0.15) is 30.1 Å². The zero-order valence-electron chi connectivity index (χ0n) is 12.3. The zero-order valence-corrected chi connectivity index (χ0v) is 12.3. The van der Waals surface area contributed by atoms with Gasteiger partial charge >= 0.3 is 5.97 Å². The van der Waals surface area contributed by atoms with Gasteiger partial charge in [0.1, 0.15) is 5.82 Å². The number of rotatable bonds is 7. The van der Waals surface area contributed by atoms with E-state index in [9.17, 15) is 9.18 Å². The molecule has 1 aliphatic rings. The lowest BCUT2D eigenvalue weighted by molar-refractivity contribution is 0.0692. The summed E-state index contributed by atoms with van der Waals surface area (Å²) in [5, 5.41) is 8.94. The second kappa shape index (κ2) is 6.30. The van der Waals surface area contributed by atoms with E-state index in [0.29, 0.717) is 24.8 Å². The lowest BCUT2D eigenvalue weighted by atomic mass is 10.1. The zero-order chi connectivity index (χ0) is 15.6. The number of ether oxygens (including phenoxy) is 1. The van der Waals surface area contributed by atoms with Gasteiger partial charge in [-0.2, -0.15) is 0 Å². The average Bonchev–Trinajstić information content (AvgIpc) is 3.26. The molecule has 0 spiro atoms. The lowest BCUT2D eigenvalue weighted by Gasteiger charge is -2.32. The van der Waals surface area contributed by atoms with Crippen molar-refractivity contribution < 1.29 is 19.0 Å². The SMILES string of the molecule is COCCN(c1cc(F)c(C(=O)O)cc1N)C(C)C1CC1. The van der Waals surface area contributed by atoms with Crippen molar-refractivity contribution in [3.05, 3.63) is 23.5 Å². The Morgan fingerprint density at radius 2 is 2.24 bits per heavy atom. The minimum Gasteiger partial charge on any atom is -0.478 e. The topological polar surface area (TPSA) is 75.8 Å². The number of methoxy groups -OCH3 is 1. The highest BCUT2D eigenvalue weighted by atomic mass is 19.1. The maximum atomic E-state index is 13.9. The van der Waals surface area contributed by atoms with Gasteiger partial charge in [-0.3, -0.25) is 0 Å². The number of nitrogen functional groups attached to an aromatic ring is 1. The summed E-state index contributed by atoms with van der Waals surface area (Å²) in [4.78, 5) is 13.0. The minimum absolute atomic E-state index is 0.220. The van der Waals surface area contributed by atoms with Gasteiger partial charge in [-0.05, 0) is 31.7 Å². The van der Waals surface area contributed by atoms with Crippen molar-refractivity contribution >= 4 is 17.3 Å². The van der Waals surface area contributed by atoms with Crippen LogP contribution in [0.15, 0.2) is 12.1 Å². The molecule has 1 atom stereocenters. The van der Waals surface area contributed by atoms with Crippen molar-refractivity contribution in [1.29, 1.82) is 0 Å². The van der Waals surface area contributed by atoms with Gasteiger partial charge in [-0.1, -0.05) is 0 Å². The number of nitrogens with two attached hydrogens (primary N) is 1. The fourth-order valence-corrected chi connectivity index (χ4v) is 2.56. The van der Waals surface area contributed by atoms with Gasteiger partial charge in [0.2, 0.25) is 0 Å². The number of aromatic carboxylic acids is 1. The summed E-state index contributed by atoms with van der Waals surface area (Å²) in [7, 11) is 1.61. The summed E-state index contributed by atoms with van der Waals surface area (Å²) >= 11 is 0. The van der Waals surface area contributed by atoms with Gasteiger partial charge in [0.25, 0.3) is 0 Å². The molecule has 0 radical (unpaired) electrons. The molecule has 0 amide bonds. The first-order valence-corrected chi connectivity index (χ1v) is 7.03. The highest BCUT2D eigenvalue weighted by Gasteiger charge is 2.33. The molecule has 1 aromatic rings. The summed E-state index contributed by atoms with van der Waals surface area (Å²) in [6.45, 7) is 3.17. The summed E-state index contributed by atoms with van der Waals surface area (Å²) in [5.41, 5.74) is 6.36. The van der Waals surface area contributed by atoms with E-state index in [1.54, 1.807) is 7.11 Å². The van der Waals surface area contributed by atoms with E-state index in [2.05, 4.69) is 6.92 Å². The molecule has 3 N–H and O–H groups in total. The lowest BCUT2D eigenvalue weighted by Crippen LogP contribution is -2.38. The molecular weight excluding hydrogens is 275 g/mol. The smallest absolute Gasteiger partial charge is 0.338 e. The average molecular weight is 296 g/mol. The monoisotopic (exact) mass is 296 g/mol. The predicted octanol–water partition coefficient (Wildman–Crippen LogP) is 2.36. The number of carboxylic acid groups (broad SMARTS) is 1. The maximum absolute atomic E-state index is 13.9. The molecule has 0 aromatic heterocycles. The van der Waals surface area contributed by atoms with Crippen LogP contribution in [-0.4, -0.2) is 37.4 Å². The summed E-state index contributed by atoms with van der Waals surface area (Å²) in [6.07, 6.45) is 2.31. The van der Waals surface area contributed by atoms with Crippen molar-refractivity contribution in [1.82, 2.24) is 0 Å². The molecule has 2 rings (SSSR count). The molecule has 1 aromatic carbocycles. The summed E-state index contributed by atoms with van der Waals surface area (Å²) in [5.74, 6) is -1.51. The molecule has 0 bridgehead atoms. The largest absolute Gasteiger partial charge is 0.478 e. The second-order valence-corrected chi connectivity index (χ2v) is 5.46. The summed E-state index contributed by atoms with van der Waals surface area (Å²) in [6, 6.07) is 2.62. The van der Waals surface area contributed by atoms with Crippen molar-refractivity contribution in [2.75, 3.05) is 30.9 Å². The number of halogens is 1. The molecule has 1 unspecified atom stereocenters. The van der Waals surface area contributed by atoms with Crippen molar-refractivity contribution in [2.45, 2.75) is 25.8 Å². The van der Waals surface area contributed by atoms with Crippen LogP contribution in [0.5, 0.6) is 0 Å². The first-order chi connectivity index (χ1) is 9.95. The highest BCUT2D eigenvalue weighted by molar-refractivity contribution is 5.91. The molecule has 116 valence electrons. The maximum Gasteiger partial charge on any atom is 0.338 e. The van der Waals surface area contributed by atoms with Gasteiger partial charge in [-0.15, -0.1) is 0 Å². The number of carbonyl (C=O) groups is 1.